The molecule has 2 heterocycles. The van der Waals surface area contributed by atoms with Gasteiger partial charge in [0.25, 0.3) is 11.8 Å². The number of allylic oxidation sites excluding steroid dienone is 2. The van der Waals surface area contributed by atoms with Gasteiger partial charge in [0.05, 0.1) is 30.3 Å². The zero-order chi connectivity index (χ0) is 28.3. The SMILES string of the molecule is O=C(O)CCN1C(=O)[C@H]2[C@H](CC=C3[C@H]2C[C@@]2(Cl)C(=O)N(CBr)C(=O)[C@@]2(Cl)[C@H]3c2ccccc2OCCO)C1=O. The van der Waals surface area contributed by atoms with Gasteiger partial charge in [-0.05, 0) is 24.8 Å². The van der Waals surface area contributed by atoms with E-state index in [-0.39, 0.29) is 38.1 Å². The van der Waals surface area contributed by atoms with Gasteiger partial charge in [-0.2, -0.15) is 0 Å². The van der Waals surface area contributed by atoms with Crippen molar-refractivity contribution in [3.63, 3.8) is 0 Å². The van der Waals surface area contributed by atoms with Crippen LogP contribution in [0.2, 0.25) is 0 Å². The molecular formula is C26H25BrCl2N2O8. The number of imide groups is 2. The van der Waals surface area contributed by atoms with E-state index in [4.69, 9.17) is 33.0 Å². The molecule has 2 saturated heterocycles. The van der Waals surface area contributed by atoms with Crippen molar-refractivity contribution < 1.29 is 38.9 Å². The standard InChI is InChI=1S/C26H25BrCl2N2O8/c27-12-31-23(37)25(28)11-16-13(5-6-15-19(16)22(36)30(21(15)35)8-7-18(33)34)20(26(25,29)24(31)38)14-3-1-2-4-17(14)39-10-9-32/h1-5,15-16,19-20,32H,6-12H2,(H,33,34)/t15-,16+,19-,20+,25+,26-/m0/s1. The zero-order valence-corrected chi connectivity index (χ0v) is 23.6. The molecule has 2 aliphatic heterocycles. The second-order valence-electron chi connectivity index (χ2n) is 10.1. The second-order valence-corrected chi connectivity index (χ2v) is 11.8. The number of amides is 4. The minimum absolute atomic E-state index is 0.0376. The maximum Gasteiger partial charge on any atom is 0.305 e. The van der Waals surface area contributed by atoms with Crippen molar-refractivity contribution in [2.45, 2.75) is 34.9 Å². The van der Waals surface area contributed by atoms with Crippen LogP contribution in [-0.4, -0.2) is 84.6 Å². The van der Waals surface area contributed by atoms with Crippen molar-refractivity contribution in [3.8, 4) is 5.75 Å². The predicted molar refractivity (Wildman–Crippen MR) is 141 cm³/mol. The number of alkyl halides is 3. The van der Waals surface area contributed by atoms with Gasteiger partial charge in [0, 0.05) is 18.0 Å². The van der Waals surface area contributed by atoms with Crippen LogP contribution in [0.15, 0.2) is 35.9 Å². The quantitative estimate of drug-likeness (QED) is 0.190. The van der Waals surface area contributed by atoms with Crippen LogP contribution in [0.3, 0.4) is 0 Å². The van der Waals surface area contributed by atoms with Gasteiger partial charge in [-0.15, -0.1) is 23.2 Å². The summed E-state index contributed by atoms with van der Waals surface area (Å²) in [6, 6.07) is 6.78. The van der Waals surface area contributed by atoms with Gasteiger partial charge in [-0.3, -0.25) is 33.8 Å². The van der Waals surface area contributed by atoms with Crippen molar-refractivity contribution in [3.05, 3.63) is 41.5 Å². The molecule has 4 amide bonds. The van der Waals surface area contributed by atoms with Gasteiger partial charge < -0.3 is 14.9 Å². The number of fused-ring (bicyclic) bond motifs is 4. The van der Waals surface area contributed by atoms with Gasteiger partial charge in [0.2, 0.25) is 11.8 Å². The molecular weight excluding hydrogens is 619 g/mol. The molecule has 39 heavy (non-hydrogen) atoms. The number of nitrogens with zero attached hydrogens (tertiary/aromatic N) is 2. The summed E-state index contributed by atoms with van der Waals surface area (Å²) in [4.78, 5) is 63.4. The molecule has 0 aromatic heterocycles. The first-order valence-corrected chi connectivity index (χ1v) is 14.3. The third-order valence-corrected chi connectivity index (χ3v) is 10.1. The molecule has 0 unspecified atom stereocenters. The normalized spacial score (nSPS) is 33.6. The summed E-state index contributed by atoms with van der Waals surface area (Å²) in [7, 11) is 0. The van der Waals surface area contributed by atoms with Crippen LogP contribution in [0.25, 0.3) is 0 Å². The number of rotatable bonds is 8. The number of carbonyl (C=O) groups is 5. The molecule has 6 atom stereocenters. The number of likely N-dealkylation sites (tertiary alicyclic amines) is 2. The highest BCUT2D eigenvalue weighted by molar-refractivity contribution is 9.09. The fourth-order valence-electron chi connectivity index (χ4n) is 6.60. The summed E-state index contributed by atoms with van der Waals surface area (Å²) in [5.41, 5.74) is 0.915. The lowest BCUT2D eigenvalue weighted by Gasteiger charge is -2.51. The summed E-state index contributed by atoms with van der Waals surface area (Å²) < 4.78 is 5.77. The molecule has 3 fully saturated rings. The molecule has 13 heteroatoms. The Kier molecular flexibility index (Phi) is 7.32. The summed E-state index contributed by atoms with van der Waals surface area (Å²) >= 11 is 17.5. The topological polar surface area (TPSA) is 142 Å². The smallest absolute Gasteiger partial charge is 0.305 e. The number of hydrogen-bond donors (Lipinski definition) is 2. The van der Waals surface area contributed by atoms with Crippen LogP contribution >= 0.6 is 39.1 Å². The number of carbonyl (C=O) groups excluding carboxylic acids is 4. The lowest BCUT2D eigenvalue weighted by atomic mass is 9.56. The monoisotopic (exact) mass is 642 g/mol. The van der Waals surface area contributed by atoms with E-state index in [1.165, 1.54) is 0 Å². The van der Waals surface area contributed by atoms with Crippen LogP contribution in [-0.2, 0) is 24.0 Å². The van der Waals surface area contributed by atoms with E-state index >= 15 is 0 Å². The number of carboxylic acids is 1. The Hall–Kier alpha value is -2.47. The Bertz CT molecular complexity index is 1310. The van der Waals surface area contributed by atoms with Crippen molar-refractivity contribution in [1.29, 1.82) is 0 Å². The highest BCUT2D eigenvalue weighted by Gasteiger charge is 2.76. The van der Waals surface area contributed by atoms with Crippen LogP contribution in [0.5, 0.6) is 5.75 Å². The molecule has 5 rings (SSSR count). The molecule has 10 nitrogen and oxygen atoms in total. The van der Waals surface area contributed by atoms with E-state index in [2.05, 4.69) is 15.9 Å². The molecule has 1 aromatic carbocycles. The third kappa shape index (κ3) is 3.95. The molecule has 4 aliphatic rings. The molecule has 0 radical (unpaired) electrons. The van der Waals surface area contributed by atoms with Crippen LogP contribution in [0, 0.1) is 17.8 Å². The van der Waals surface area contributed by atoms with E-state index < -0.39 is 69.4 Å². The van der Waals surface area contributed by atoms with Crippen LogP contribution in [0.4, 0.5) is 0 Å². The number of benzene rings is 1. The lowest BCUT2D eigenvalue weighted by molar-refractivity contribution is -0.143. The highest BCUT2D eigenvalue weighted by Crippen LogP contribution is 2.66. The number of aliphatic hydroxyl groups excluding tert-OH is 1. The Morgan fingerprint density at radius 3 is 2.46 bits per heavy atom. The van der Waals surface area contributed by atoms with Crippen molar-refractivity contribution in [2.75, 3.05) is 25.2 Å². The minimum atomic E-state index is -1.97. The Morgan fingerprint density at radius 1 is 1.08 bits per heavy atom. The summed E-state index contributed by atoms with van der Waals surface area (Å²) in [5.74, 6) is -6.56. The average Bonchev–Trinajstić information content (AvgIpc) is 3.24. The largest absolute Gasteiger partial charge is 0.491 e. The molecule has 2 aliphatic carbocycles. The van der Waals surface area contributed by atoms with Gasteiger partial charge >= 0.3 is 5.97 Å². The lowest BCUT2D eigenvalue weighted by Crippen LogP contribution is -2.60. The summed E-state index contributed by atoms with van der Waals surface area (Å²) in [6.07, 6.45) is 1.41. The van der Waals surface area contributed by atoms with E-state index in [1.807, 2.05) is 0 Å². The number of halogens is 3. The number of aliphatic carboxylic acids is 1. The van der Waals surface area contributed by atoms with Crippen molar-refractivity contribution >= 4 is 68.7 Å². The van der Waals surface area contributed by atoms with Crippen LogP contribution < -0.4 is 4.74 Å². The number of para-hydroxylation sites is 1. The molecule has 0 spiro atoms. The summed E-state index contributed by atoms with van der Waals surface area (Å²) in [5, 5.41) is 18.5. The number of ether oxygens (including phenoxy) is 1. The fourth-order valence-corrected chi connectivity index (χ4v) is 8.01. The van der Waals surface area contributed by atoms with E-state index in [0.29, 0.717) is 16.9 Å². The second kappa shape index (κ2) is 10.2. The highest BCUT2D eigenvalue weighted by atomic mass is 79.9. The predicted octanol–water partition coefficient (Wildman–Crippen LogP) is 2.24. The Balaban J connectivity index is 1.67. The van der Waals surface area contributed by atoms with Crippen molar-refractivity contribution in [2.24, 2.45) is 17.8 Å². The van der Waals surface area contributed by atoms with E-state index in [0.717, 1.165) is 9.80 Å². The molecule has 1 saturated carbocycles. The average molecular weight is 644 g/mol. The molecule has 208 valence electrons. The first-order chi connectivity index (χ1) is 18.5. The Labute approximate surface area is 242 Å². The van der Waals surface area contributed by atoms with E-state index in [1.54, 1.807) is 30.3 Å². The third-order valence-electron chi connectivity index (χ3n) is 8.23. The van der Waals surface area contributed by atoms with E-state index in [9.17, 15) is 29.1 Å². The Morgan fingerprint density at radius 2 is 1.79 bits per heavy atom. The first-order valence-electron chi connectivity index (χ1n) is 12.4. The van der Waals surface area contributed by atoms with Gasteiger partial charge in [-0.1, -0.05) is 45.8 Å². The fraction of sp³-hybridized carbons (Fsp3) is 0.500. The van der Waals surface area contributed by atoms with Gasteiger partial charge in [0.1, 0.15) is 12.4 Å². The number of hydrogen-bond acceptors (Lipinski definition) is 7. The maximum atomic E-state index is 13.8. The van der Waals surface area contributed by atoms with Gasteiger partial charge in [-0.25, -0.2) is 0 Å². The zero-order valence-electron chi connectivity index (χ0n) is 20.5. The molecule has 1 aromatic rings. The van der Waals surface area contributed by atoms with Crippen LogP contribution in [0.1, 0.15) is 30.7 Å². The minimum Gasteiger partial charge on any atom is -0.491 e. The molecule has 0 bridgehead atoms. The molecule has 2 N–H and O–H groups in total. The van der Waals surface area contributed by atoms with Crippen molar-refractivity contribution in [1.82, 2.24) is 9.80 Å². The van der Waals surface area contributed by atoms with Gasteiger partial charge in [0.15, 0.2) is 9.75 Å². The summed E-state index contributed by atoms with van der Waals surface area (Å²) in [6.45, 7) is -0.565. The number of carboxylic acid groups (broad SMARTS) is 1. The number of aliphatic hydroxyl groups is 1. The first kappa shape index (κ1) is 28.1. The maximum absolute atomic E-state index is 13.8.